The molecule has 2 aliphatic heterocycles. The summed E-state index contributed by atoms with van der Waals surface area (Å²) >= 11 is 0. The van der Waals surface area contributed by atoms with Crippen LogP contribution in [0.4, 0.5) is 0 Å². The van der Waals surface area contributed by atoms with Crippen molar-refractivity contribution in [2.45, 2.75) is 32.1 Å². The maximum Gasteiger partial charge on any atom is 0.350 e. The molecule has 22 heavy (non-hydrogen) atoms. The van der Waals surface area contributed by atoms with Crippen LogP contribution in [0.1, 0.15) is 32.1 Å². The molecule has 1 unspecified atom stereocenters. The van der Waals surface area contributed by atoms with Gasteiger partial charge in [-0.1, -0.05) is 30.5 Å². The van der Waals surface area contributed by atoms with Crippen molar-refractivity contribution in [1.29, 1.82) is 0 Å². The Morgan fingerprint density at radius 2 is 2.23 bits per heavy atom. The predicted molar refractivity (Wildman–Crippen MR) is 84.8 cm³/mol. The Morgan fingerprint density at radius 1 is 1.41 bits per heavy atom. The molecule has 1 saturated heterocycles. The highest BCUT2D eigenvalue weighted by Gasteiger charge is 2.42. The second-order valence-electron chi connectivity index (χ2n) is 6.60. The number of rotatable bonds is 5. The molecule has 1 N–H and O–H groups in total. The highest BCUT2D eigenvalue weighted by Crippen LogP contribution is 2.30. The van der Waals surface area contributed by atoms with Crippen molar-refractivity contribution in [2.24, 2.45) is 17.0 Å². The lowest BCUT2D eigenvalue weighted by Gasteiger charge is -2.34. The standard InChI is InChI=1S/C17H26N4O/c1-2-16(22)18-10-15-12-20(11-14-6-4-3-5-7-14)17-8-9-19-21(17)13-15/h2,8-9,14-15H,1,3-7,10-13H2,(H,18,22)/q+1. The highest BCUT2D eigenvalue weighted by molar-refractivity contribution is 5.86. The molecule has 1 atom stereocenters. The van der Waals surface area contributed by atoms with Crippen molar-refractivity contribution in [2.75, 3.05) is 26.2 Å². The van der Waals surface area contributed by atoms with E-state index in [-0.39, 0.29) is 5.91 Å². The van der Waals surface area contributed by atoms with Crippen molar-refractivity contribution < 1.29 is 9.49 Å². The zero-order valence-electron chi connectivity index (χ0n) is 13.2. The van der Waals surface area contributed by atoms with Crippen LogP contribution in [0.2, 0.25) is 0 Å². The third kappa shape index (κ3) is 3.64. The van der Waals surface area contributed by atoms with Gasteiger partial charge in [-0.15, -0.1) is 0 Å². The molecule has 2 heterocycles. The van der Waals surface area contributed by atoms with Crippen LogP contribution in [0.3, 0.4) is 0 Å². The zero-order valence-corrected chi connectivity index (χ0v) is 13.2. The van der Waals surface area contributed by atoms with E-state index in [1.807, 2.05) is 6.20 Å². The summed E-state index contributed by atoms with van der Waals surface area (Å²) in [6.45, 7) is 7.19. The summed E-state index contributed by atoms with van der Waals surface area (Å²) in [5.41, 5.74) is 0. The SMILES string of the molecule is C=CC(=O)NCC1CN(CC2CCCCC2)[C]2C=CN=[N+]2C1. The molecule has 3 aliphatic rings. The number of nitrogens with zero attached hydrogens (tertiary/aromatic N) is 3. The van der Waals surface area contributed by atoms with Crippen LogP contribution in [0.5, 0.6) is 0 Å². The minimum Gasteiger partial charge on any atom is -0.352 e. The first-order chi connectivity index (χ1) is 10.8. The fraction of sp³-hybridized carbons (Fsp3) is 0.647. The molecule has 2 fully saturated rings. The van der Waals surface area contributed by atoms with Crippen molar-refractivity contribution in [3.63, 3.8) is 0 Å². The summed E-state index contributed by atoms with van der Waals surface area (Å²) in [5.74, 6) is 1.11. The van der Waals surface area contributed by atoms with E-state index < -0.39 is 0 Å². The van der Waals surface area contributed by atoms with Gasteiger partial charge in [0, 0.05) is 25.7 Å². The molecule has 0 spiro atoms. The van der Waals surface area contributed by atoms with Crippen LogP contribution in [0.15, 0.2) is 30.0 Å². The van der Waals surface area contributed by atoms with Gasteiger partial charge in [-0.2, -0.15) is 0 Å². The van der Waals surface area contributed by atoms with E-state index in [1.165, 1.54) is 44.3 Å². The van der Waals surface area contributed by atoms with Crippen LogP contribution >= 0.6 is 0 Å². The molecule has 3 rings (SSSR count). The first-order valence-electron chi connectivity index (χ1n) is 8.43. The van der Waals surface area contributed by atoms with Crippen LogP contribution in [0, 0.1) is 18.0 Å². The third-order valence-corrected chi connectivity index (χ3v) is 4.88. The number of nitrogens with one attached hydrogen (secondary N) is 1. The topological polar surface area (TPSA) is 47.7 Å². The monoisotopic (exact) mass is 302 g/mol. The van der Waals surface area contributed by atoms with Gasteiger partial charge in [0.05, 0.1) is 12.1 Å². The molecule has 5 heteroatoms. The highest BCUT2D eigenvalue weighted by atomic mass is 16.1. The van der Waals surface area contributed by atoms with Crippen LogP contribution in [0.25, 0.3) is 0 Å². The molecule has 119 valence electrons. The number of hydrogen-bond donors (Lipinski definition) is 1. The molecule has 1 saturated carbocycles. The van der Waals surface area contributed by atoms with E-state index >= 15 is 0 Å². The summed E-state index contributed by atoms with van der Waals surface area (Å²) in [4.78, 5) is 13.9. The fourth-order valence-corrected chi connectivity index (χ4v) is 3.74. The molecule has 1 amide bonds. The first-order valence-corrected chi connectivity index (χ1v) is 8.43. The Kier molecular flexibility index (Phi) is 5.03. The lowest BCUT2D eigenvalue weighted by Crippen LogP contribution is -2.50. The van der Waals surface area contributed by atoms with E-state index in [0.29, 0.717) is 12.5 Å². The number of carbonyl (C=O) groups is 1. The molecular weight excluding hydrogens is 276 g/mol. The molecule has 0 aromatic heterocycles. The van der Waals surface area contributed by atoms with Crippen molar-refractivity contribution in [1.82, 2.24) is 10.2 Å². The number of carbonyl (C=O) groups excluding carboxylic acids is 1. The van der Waals surface area contributed by atoms with Gasteiger partial charge in [0.25, 0.3) is 0 Å². The minimum atomic E-state index is -0.0925. The van der Waals surface area contributed by atoms with Gasteiger partial charge in [-0.05, 0) is 29.9 Å². The lowest BCUT2D eigenvalue weighted by atomic mass is 9.88. The largest absolute Gasteiger partial charge is 0.352 e. The fourth-order valence-electron chi connectivity index (χ4n) is 3.74. The van der Waals surface area contributed by atoms with Crippen LogP contribution in [-0.2, 0) is 4.79 Å². The Labute approximate surface area is 132 Å². The van der Waals surface area contributed by atoms with E-state index in [9.17, 15) is 4.79 Å². The van der Waals surface area contributed by atoms with Gasteiger partial charge in [0.2, 0.25) is 5.91 Å². The van der Waals surface area contributed by atoms with Crippen molar-refractivity contribution in [3.05, 3.63) is 31.1 Å². The third-order valence-electron chi connectivity index (χ3n) is 4.88. The number of fused-ring (bicyclic) bond motifs is 1. The van der Waals surface area contributed by atoms with Gasteiger partial charge in [-0.3, -0.25) is 4.79 Å². The molecule has 5 nitrogen and oxygen atoms in total. The predicted octanol–water partition coefficient (Wildman–Crippen LogP) is 2.28. The molecule has 0 aromatic rings. The van der Waals surface area contributed by atoms with Crippen molar-refractivity contribution >= 4 is 5.91 Å². The Morgan fingerprint density at radius 3 is 3.00 bits per heavy atom. The van der Waals surface area contributed by atoms with E-state index in [1.54, 1.807) is 0 Å². The maximum atomic E-state index is 11.4. The summed E-state index contributed by atoms with van der Waals surface area (Å²) in [6, 6.07) is 0. The first kappa shape index (κ1) is 15.4. The zero-order chi connectivity index (χ0) is 15.4. The molecule has 1 radical (unpaired) electrons. The average Bonchev–Trinajstić information content (AvgIpc) is 3.02. The second-order valence-corrected chi connectivity index (χ2v) is 6.60. The van der Waals surface area contributed by atoms with Gasteiger partial charge in [0.15, 0.2) is 6.54 Å². The van der Waals surface area contributed by atoms with Gasteiger partial charge < -0.3 is 5.32 Å². The van der Waals surface area contributed by atoms with E-state index in [2.05, 4.69) is 32.7 Å². The normalized spacial score (nSPS) is 26.5. The minimum absolute atomic E-state index is 0.0925. The maximum absolute atomic E-state index is 11.4. The molecule has 0 bridgehead atoms. The molecule has 1 aliphatic carbocycles. The molecular formula is C17H26N4O+. The van der Waals surface area contributed by atoms with Gasteiger partial charge in [-0.25, -0.2) is 4.90 Å². The van der Waals surface area contributed by atoms with Gasteiger partial charge >= 0.3 is 6.17 Å². The molecule has 0 aromatic carbocycles. The van der Waals surface area contributed by atoms with Crippen LogP contribution < -0.4 is 5.32 Å². The quantitative estimate of drug-likeness (QED) is 0.625. The van der Waals surface area contributed by atoms with Crippen molar-refractivity contribution in [3.8, 4) is 0 Å². The van der Waals surface area contributed by atoms with Crippen LogP contribution in [-0.4, -0.2) is 41.7 Å². The van der Waals surface area contributed by atoms with E-state index in [0.717, 1.165) is 25.6 Å². The Hall–Kier alpha value is -1.49. The summed E-state index contributed by atoms with van der Waals surface area (Å²) in [7, 11) is 0. The lowest BCUT2D eigenvalue weighted by molar-refractivity contribution is -0.600. The smallest absolute Gasteiger partial charge is 0.350 e. The summed E-state index contributed by atoms with van der Waals surface area (Å²) in [6.07, 6.45) is 13.4. The average molecular weight is 302 g/mol. The van der Waals surface area contributed by atoms with E-state index in [4.69, 9.17) is 0 Å². The van der Waals surface area contributed by atoms with Gasteiger partial charge in [0.1, 0.15) is 0 Å². The number of hydrogen-bond acceptors (Lipinski definition) is 3. The number of azo groups is 2. The summed E-state index contributed by atoms with van der Waals surface area (Å²) in [5, 5.41) is 7.36. The number of amides is 1. The summed E-state index contributed by atoms with van der Waals surface area (Å²) < 4.78 is 2.08. The Balaban J connectivity index is 1.59. The Bertz CT molecular complexity index is 479. The second kappa shape index (κ2) is 7.18.